The van der Waals surface area contributed by atoms with E-state index in [9.17, 15) is 13.2 Å². The van der Waals surface area contributed by atoms with Gasteiger partial charge in [-0.1, -0.05) is 31.0 Å². The number of nitrogens with zero attached hydrogens (tertiary/aromatic N) is 2. The molecule has 0 radical (unpaired) electrons. The normalized spacial score (nSPS) is 14.8. The summed E-state index contributed by atoms with van der Waals surface area (Å²) >= 11 is 0. The van der Waals surface area contributed by atoms with E-state index in [2.05, 4.69) is 10.2 Å². The second-order valence-corrected chi connectivity index (χ2v) is 10.2. The van der Waals surface area contributed by atoms with Gasteiger partial charge < -0.3 is 19.7 Å². The molecule has 3 rings (SSSR count). The van der Waals surface area contributed by atoms with Crippen LogP contribution < -0.4 is 19.1 Å². The summed E-state index contributed by atoms with van der Waals surface area (Å²) in [6.07, 6.45) is 5.87. The lowest BCUT2D eigenvalue weighted by Crippen LogP contribution is -2.41. The summed E-state index contributed by atoms with van der Waals surface area (Å²) < 4.78 is 38.7. The molecule has 1 fully saturated rings. The molecule has 1 aliphatic heterocycles. The average molecular weight is 490 g/mol. The van der Waals surface area contributed by atoms with Gasteiger partial charge in [0.1, 0.15) is 6.54 Å². The van der Waals surface area contributed by atoms with Crippen molar-refractivity contribution in [1.29, 1.82) is 0 Å². The molecule has 0 saturated carbocycles. The Morgan fingerprint density at radius 2 is 1.65 bits per heavy atom. The molecule has 2 aromatic rings. The molecule has 1 heterocycles. The van der Waals surface area contributed by atoms with Gasteiger partial charge in [0.25, 0.3) is 10.0 Å². The van der Waals surface area contributed by atoms with Gasteiger partial charge >= 0.3 is 0 Å². The van der Waals surface area contributed by atoms with E-state index in [0.29, 0.717) is 23.7 Å². The first-order valence-electron chi connectivity index (χ1n) is 11.7. The van der Waals surface area contributed by atoms with Crippen LogP contribution in [0.4, 0.5) is 5.69 Å². The van der Waals surface area contributed by atoms with Crippen molar-refractivity contribution in [1.82, 2.24) is 10.2 Å². The van der Waals surface area contributed by atoms with Crippen LogP contribution >= 0.6 is 0 Å². The Kier molecular flexibility index (Phi) is 9.59. The number of carbonyl (C=O) groups is 1. The summed E-state index contributed by atoms with van der Waals surface area (Å²) in [6.45, 7) is 3.35. The van der Waals surface area contributed by atoms with Crippen LogP contribution in [0.1, 0.15) is 32.1 Å². The van der Waals surface area contributed by atoms with Crippen molar-refractivity contribution >= 4 is 21.6 Å². The van der Waals surface area contributed by atoms with Crippen molar-refractivity contribution in [2.24, 2.45) is 0 Å². The molecule has 0 aromatic heterocycles. The van der Waals surface area contributed by atoms with Crippen molar-refractivity contribution in [2.75, 3.05) is 51.2 Å². The van der Waals surface area contributed by atoms with Gasteiger partial charge in [-0.3, -0.25) is 9.10 Å². The number of para-hydroxylation sites is 1. The van der Waals surface area contributed by atoms with Gasteiger partial charge in [0.05, 0.1) is 24.8 Å². The third kappa shape index (κ3) is 6.87. The van der Waals surface area contributed by atoms with Gasteiger partial charge in [-0.2, -0.15) is 0 Å². The third-order valence-electron chi connectivity index (χ3n) is 5.95. The van der Waals surface area contributed by atoms with Crippen molar-refractivity contribution in [3.63, 3.8) is 0 Å². The summed E-state index contributed by atoms with van der Waals surface area (Å²) in [6, 6.07) is 13.0. The number of likely N-dealkylation sites (tertiary alicyclic amines) is 1. The maximum Gasteiger partial charge on any atom is 0.264 e. The number of hydrogen-bond acceptors (Lipinski definition) is 6. The summed E-state index contributed by atoms with van der Waals surface area (Å²) in [5.41, 5.74) is 0.414. The Morgan fingerprint density at radius 1 is 0.971 bits per heavy atom. The predicted octanol–water partition coefficient (Wildman–Crippen LogP) is 3.28. The standard InChI is InChI=1S/C25H35N3O5S/c1-32-23-14-13-22(19-24(23)33-2)34(30,31)28(21-11-6-5-7-12-21)20-25(29)26-15-10-18-27-16-8-3-4-9-17-27/h5-7,11-14,19H,3-4,8-10,15-18,20H2,1-2H3,(H,26,29). The van der Waals surface area contributed by atoms with Crippen LogP contribution in [0, 0.1) is 0 Å². The number of hydrogen-bond donors (Lipinski definition) is 1. The van der Waals surface area contributed by atoms with Crippen LogP contribution in [0.25, 0.3) is 0 Å². The van der Waals surface area contributed by atoms with Gasteiger partial charge in [0.15, 0.2) is 11.5 Å². The molecule has 0 bridgehead atoms. The molecule has 0 atom stereocenters. The lowest BCUT2D eigenvalue weighted by Gasteiger charge is -2.24. The Morgan fingerprint density at radius 3 is 2.29 bits per heavy atom. The number of ether oxygens (including phenoxy) is 2. The fourth-order valence-electron chi connectivity index (χ4n) is 4.09. The van der Waals surface area contributed by atoms with Crippen LogP contribution in [0.2, 0.25) is 0 Å². The Labute approximate surface area is 202 Å². The smallest absolute Gasteiger partial charge is 0.264 e. The topological polar surface area (TPSA) is 88.2 Å². The number of rotatable bonds is 11. The van der Waals surface area contributed by atoms with E-state index in [1.54, 1.807) is 30.3 Å². The van der Waals surface area contributed by atoms with Gasteiger partial charge in [-0.15, -0.1) is 0 Å². The van der Waals surface area contributed by atoms with Crippen molar-refractivity contribution in [3.8, 4) is 11.5 Å². The van der Waals surface area contributed by atoms with E-state index in [0.717, 1.165) is 30.4 Å². The monoisotopic (exact) mass is 489 g/mol. The fraction of sp³-hybridized carbons (Fsp3) is 0.480. The number of benzene rings is 2. The number of amides is 1. The number of sulfonamides is 1. The maximum absolute atomic E-state index is 13.5. The van der Waals surface area contributed by atoms with Crippen LogP contribution in [0.3, 0.4) is 0 Å². The van der Waals surface area contributed by atoms with Crippen LogP contribution in [-0.2, 0) is 14.8 Å². The molecule has 8 nitrogen and oxygen atoms in total. The first-order chi connectivity index (χ1) is 16.5. The zero-order valence-electron chi connectivity index (χ0n) is 20.0. The largest absolute Gasteiger partial charge is 0.493 e. The van der Waals surface area contributed by atoms with E-state index in [1.165, 1.54) is 58.1 Å². The maximum atomic E-state index is 13.5. The molecular formula is C25H35N3O5S. The quantitative estimate of drug-likeness (QED) is 0.488. The molecule has 2 aromatic carbocycles. The zero-order chi connectivity index (χ0) is 24.4. The molecule has 9 heteroatoms. The Bertz CT molecular complexity index is 1020. The summed E-state index contributed by atoms with van der Waals surface area (Å²) in [4.78, 5) is 15.2. The molecule has 0 spiro atoms. The first-order valence-corrected chi connectivity index (χ1v) is 13.2. The van der Waals surface area contributed by atoms with Gasteiger partial charge in [-0.05, 0) is 63.2 Å². The van der Waals surface area contributed by atoms with Gasteiger partial charge in [0, 0.05) is 12.6 Å². The second kappa shape index (κ2) is 12.6. The number of carbonyl (C=O) groups excluding carboxylic acids is 1. The average Bonchev–Trinajstić information content (AvgIpc) is 3.14. The van der Waals surface area contributed by atoms with Crippen LogP contribution in [-0.4, -0.2) is 66.2 Å². The molecule has 1 N–H and O–H groups in total. The van der Waals surface area contributed by atoms with E-state index in [4.69, 9.17) is 9.47 Å². The van der Waals surface area contributed by atoms with Gasteiger partial charge in [0.2, 0.25) is 5.91 Å². The SMILES string of the molecule is COc1ccc(S(=O)(=O)N(CC(=O)NCCCN2CCCCCC2)c2ccccc2)cc1OC. The molecule has 1 aliphatic rings. The molecule has 1 amide bonds. The summed E-state index contributed by atoms with van der Waals surface area (Å²) in [5, 5.41) is 2.89. The molecule has 0 unspecified atom stereocenters. The van der Waals surface area contributed by atoms with Crippen molar-refractivity contribution < 1.29 is 22.7 Å². The molecule has 34 heavy (non-hydrogen) atoms. The number of methoxy groups -OCH3 is 2. The number of anilines is 1. The highest BCUT2D eigenvalue weighted by atomic mass is 32.2. The lowest BCUT2D eigenvalue weighted by atomic mass is 10.2. The van der Waals surface area contributed by atoms with E-state index in [1.807, 2.05) is 0 Å². The van der Waals surface area contributed by atoms with Crippen LogP contribution in [0.15, 0.2) is 53.4 Å². The van der Waals surface area contributed by atoms with E-state index >= 15 is 0 Å². The Balaban J connectivity index is 1.69. The second-order valence-electron chi connectivity index (χ2n) is 8.32. The van der Waals surface area contributed by atoms with E-state index in [-0.39, 0.29) is 17.3 Å². The number of nitrogens with one attached hydrogen (secondary N) is 1. The minimum absolute atomic E-state index is 0.0166. The highest BCUT2D eigenvalue weighted by molar-refractivity contribution is 7.92. The zero-order valence-corrected chi connectivity index (χ0v) is 20.9. The summed E-state index contributed by atoms with van der Waals surface area (Å²) in [5.74, 6) is 0.383. The highest BCUT2D eigenvalue weighted by Gasteiger charge is 2.28. The first kappa shape index (κ1) is 25.8. The third-order valence-corrected chi connectivity index (χ3v) is 7.72. The molecule has 1 saturated heterocycles. The fourth-order valence-corrected chi connectivity index (χ4v) is 5.53. The lowest BCUT2D eigenvalue weighted by molar-refractivity contribution is -0.119. The minimum Gasteiger partial charge on any atom is -0.493 e. The molecule has 186 valence electrons. The van der Waals surface area contributed by atoms with Crippen molar-refractivity contribution in [3.05, 3.63) is 48.5 Å². The predicted molar refractivity (Wildman–Crippen MR) is 133 cm³/mol. The Hall–Kier alpha value is -2.78. The minimum atomic E-state index is -4.03. The van der Waals surface area contributed by atoms with E-state index < -0.39 is 10.0 Å². The highest BCUT2D eigenvalue weighted by Crippen LogP contribution is 2.32. The summed E-state index contributed by atoms with van der Waals surface area (Å²) in [7, 11) is -1.10. The molecule has 0 aliphatic carbocycles. The van der Waals surface area contributed by atoms with Crippen molar-refractivity contribution in [2.45, 2.75) is 37.0 Å². The van der Waals surface area contributed by atoms with Crippen LogP contribution in [0.5, 0.6) is 11.5 Å². The molecular weight excluding hydrogens is 454 g/mol. The van der Waals surface area contributed by atoms with Gasteiger partial charge in [-0.25, -0.2) is 8.42 Å².